The maximum Gasteiger partial charge on any atom is 0.416 e. The van der Waals surface area contributed by atoms with Gasteiger partial charge in [0.05, 0.1) is 22.0 Å². The van der Waals surface area contributed by atoms with Gasteiger partial charge in [-0.1, -0.05) is 28.1 Å². The summed E-state index contributed by atoms with van der Waals surface area (Å²) in [6.45, 7) is 1.95. The molecule has 8 heteroatoms. The van der Waals surface area contributed by atoms with Crippen LogP contribution < -0.4 is 4.74 Å². The number of allylic oxidation sites excluding steroid dienone is 1. The molecule has 0 radical (unpaired) electrons. The number of fused-ring (bicyclic) bond motifs is 1. The van der Waals surface area contributed by atoms with Gasteiger partial charge in [0, 0.05) is 16.5 Å². The Kier molecular flexibility index (Phi) is 5.91. The number of halogens is 4. The first-order chi connectivity index (χ1) is 13.2. The van der Waals surface area contributed by atoms with Crippen LogP contribution in [0.3, 0.4) is 0 Å². The molecule has 28 heavy (non-hydrogen) atoms. The molecule has 1 heterocycles. The van der Waals surface area contributed by atoms with Crippen LogP contribution in [0.2, 0.25) is 0 Å². The molecule has 150 valence electrons. The highest BCUT2D eigenvalue weighted by atomic mass is 79.9. The summed E-state index contributed by atoms with van der Waals surface area (Å²) in [4.78, 5) is 0.247. The molecule has 0 saturated carbocycles. The molecule has 0 spiro atoms. The Morgan fingerprint density at radius 3 is 2.32 bits per heavy atom. The van der Waals surface area contributed by atoms with E-state index in [1.165, 1.54) is 25.1 Å². The summed E-state index contributed by atoms with van der Waals surface area (Å²) in [7, 11) is -3.71. The Hall–Kier alpha value is -1.80. The standard InChI is InChI=1S/C20H18BrF3O3S/c1-13-19(14-4-6-15(7-5-14)20(22,23)24)17-9-8-16(27-11-3-2-10-21)12-18(17)28(13,25)26/h4-9,12H,2-3,10-11H2,1H3. The van der Waals surface area contributed by atoms with E-state index in [4.69, 9.17) is 4.74 Å². The number of unbranched alkanes of at least 4 members (excludes halogenated alkanes) is 1. The second-order valence-corrected chi connectivity index (χ2v) is 9.26. The van der Waals surface area contributed by atoms with Crippen molar-refractivity contribution < 1.29 is 26.3 Å². The minimum absolute atomic E-state index is 0.123. The normalized spacial score (nSPS) is 15.6. The van der Waals surface area contributed by atoms with Gasteiger partial charge < -0.3 is 4.74 Å². The van der Waals surface area contributed by atoms with Crippen LogP contribution >= 0.6 is 15.9 Å². The van der Waals surface area contributed by atoms with Gasteiger partial charge in [0.2, 0.25) is 9.84 Å². The summed E-state index contributed by atoms with van der Waals surface area (Å²) in [5.74, 6) is 0.457. The van der Waals surface area contributed by atoms with Gasteiger partial charge in [0.1, 0.15) is 5.75 Å². The largest absolute Gasteiger partial charge is 0.494 e. The lowest BCUT2D eigenvalue weighted by atomic mass is 9.97. The molecule has 3 rings (SSSR count). The van der Waals surface area contributed by atoms with Crippen LogP contribution in [0.5, 0.6) is 5.75 Å². The average molecular weight is 475 g/mol. The van der Waals surface area contributed by atoms with Crippen molar-refractivity contribution in [2.45, 2.75) is 30.8 Å². The van der Waals surface area contributed by atoms with Crippen LogP contribution in [-0.4, -0.2) is 20.4 Å². The fourth-order valence-electron chi connectivity index (χ4n) is 3.08. The minimum atomic E-state index is -4.44. The van der Waals surface area contributed by atoms with Gasteiger partial charge in [-0.05, 0) is 55.7 Å². The molecule has 2 aromatic carbocycles. The Labute approximate surface area is 170 Å². The third kappa shape index (κ3) is 3.98. The number of benzene rings is 2. The van der Waals surface area contributed by atoms with Crippen LogP contribution in [0, 0.1) is 0 Å². The molecular formula is C20H18BrF3O3S. The van der Waals surface area contributed by atoms with Crippen molar-refractivity contribution >= 4 is 31.3 Å². The van der Waals surface area contributed by atoms with Crippen molar-refractivity contribution in [3.05, 3.63) is 64.1 Å². The van der Waals surface area contributed by atoms with Crippen LogP contribution in [-0.2, 0) is 16.0 Å². The van der Waals surface area contributed by atoms with Gasteiger partial charge in [0.15, 0.2) is 0 Å². The van der Waals surface area contributed by atoms with E-state index in [2.05, 4.69) is 15.9 Å². The second-order valence-electron chi connectivity index (χ2n) is 6.41. The van der Waals surface area contributed by atoms with Crippen LogP contribution in [0.1, 0.15) is 36.5 Å². The van der Waals surface area contributed by atoms with Crippen molar-refractivity contribution in [1.29, 1.82) is 0 Å². The summed E-state index contributed by atoms with van der Waals surface area (Å²) in [5, 5.41) is 0.870. The Morgan fingerprint density at radius 1 is 1.04 bits per heavy atom. The van der Waals surface area contributed by atoms with Gasteiger partial charge >= 0.3 is 6.18 Å². The van der Waals surface area contributed by atoms with Gasteiger partial charge in [-0.3, -0.25) is 0 Å². The van der Waals surface area contributed by atoms with E-state index in [1.807, 2.05) is 0 Å². The molecule has 2 aromatic rings. The zero-order valence-electron chi connectivity index (χ0n) is 15.0. The number of rotatable bonds is 6. The fourth-order valence-corrected chi connectivity index (χ4v) is 5.04. The Bertz CT molecular complexity index is 1010. The number of ether oxygens (including phenoxy) is 1. The van der Waals surface area contributed by atoms with Gasteiger partial charge in [-0.2, -0.15) is 13.2 Å². The molecule has 0 N–H and O–H groups in total. The fraction of sp³-hybridized carbons (Fsp3) is 0.300. The van der Waals surface area contributed by atoms with Crippen LogP contribution in [0.25, 0.3) is 5.57 Å². The molecule has 1 aliphatic rings. The summed E-state index contributed by atoms with van der Waals surface area (Å²) in [6, 6.07) is 9.35. The molecule has 3 nitrogen and oxygen atoms in total. The molecule has 0 unspecified atom stereocenters. The Balaban J connectivity index is 1.96. The SMILES string of the molecule is CC1=C(c2ccc(C(F)(F)F)cc2)c2ccc(OCCCCBr)cc2S1(=O)=O. The lowest BCUT2D eigenvalue weighted by molar-refractivity contribution is -0.137. The second kappa shape index (κ2) is 7.91. The highest BCUT2D eigenvalue weighted by molar-refractivity contribution is 9.09. The van der Waals surface area contributed by atoms with Gasteiger partial charge in [-0.15, -0.1) is 0 Å². The molecule has 0 atom stereocenters. The summed E-state index contributed by atoms with van der Waals surface area (Å²) in [5.41, 5.74) is 0.557. The molecule has 0 amide bonds. The zero-order chi connectivity index (χ0) is 20.5. The molecule has 0 fully saturated rings. The lowest BCUT2D eigenvalue weighted by Gasteiger charge is -2.10. The predicted octanol–water partition coefficient (Wildman–Crippen LogP) is 5.83. The molecule has 0 bridgehead atoms. The van der Waals surface area contributed by atoms with E-state index >= 15 is 0 Å². The zero-order valence-corrected chi connectivity index (χ0v) is 17.4. The van der Waals surface area contributed by atoms with E-state index in [-0.39, 0.29) is 9.80 Å². The number of alkyl halides is 4. The Morgan fingerprint density at radius 2 is 1.71 bits per heavy atom. The van der Waals surface area contributed by atoms with Gasteiger partial charge in [-0.25, -0.2) is 8.42 Å². The van der Waals surface area contributed by atoms with Crippen molar-refractivity contribution in [3.63, 3.8) is 0 Å². The van der Waals surface area contributed by atoms with E-state index in [9.17, 15) is 21.6 Å². The van der Waals surface area contributed by atoms with E-state index in [0.29, 0.717) is 29.1 Å². The van der Waals surface area contributed by atoms with Gasteiger partial charge in [0.25, 0.3) is 0 Å². The number of hydrogen-bond donors (Lipinski definition) is 0. The number of sulfone groups is 1. The monoisotopic (exact) mass is 474 g/mol. The van der Waals surface area contributed by atoms with Crippen LogP contribution in [0.15, 0.2) is 52.3 Å². The molecule has 0 saturated heterocycles. The predicted molar refractivity (Wildman–Crippen MR) is 105 cm³/mol. The quantitative estimate of drug-likeness (QED) is 0.390. The van der Waals surface area contributed by atoms with Crippen molar-refractivity contribution in [2.75, 3.05) is 11.9 Å². The van der Waals surface area contributed by atoms with Crippen molar-refractivity contribution in [3.8, 4) is 5.75 Å². The maximum absolute atomic E-state index is 12.8. The van der Waals surface area contributed by atoms with E-state index < -0.39 is 21.6 Å². The van der Waals surface area contributed by atoms with Crippen molar-refractivity contribution in [1.82, 2.24) is 0 Å². The third-order valence-electron chi connectivity index (χ3n) is 4.56. The first-order valence-corrected chi connectivity index (χ1v) is 11.2. The number of hydrogen-bond acceptors (Lipinski definition) is 3. The first kappa shape index (κ1) is 20.9. The summed E-state index contributed by atoms with van der Waals surface area (Å²) in [6.07, 6.45) is -2.66. The third-order valence-corrected chi connectivity index (χ3v) is 7.05. The van der Waals surface area contributed by atoms with Crippen LogP contribution in [0.4, 0.5) is 13.2 Å². The topological polar surface area (TPSA) is 43.4 Å². The maximum atomic E-state index is 12.8. The van der Waals surface area contributed by atoms with E-state index in [1.54, 1.807) is 12.1 Å². The molecule has 1 aliphatic heterocycles. The lowest BCUT2D eigenvalue weighted by Crippen LogP contribution is -2.04. The average Bonchev–Trinajstić information content (AvgIpc) is 2.84. The summed E-state index contributed by atoms with van der Waals surface area (Å²) < 4.78 is 69.7. The smallest absolute Gasteiger partial charge is 0.416 e. The molecule has 0 aliphatic carbocycles. The highest BCUT2D eigenvalue weighted by Crippen LogP contribution is 2.44. The van der Waals surface area contributed by atoms with Crippen molar-refractivity contribution in [2.24, 2.45) is 0 Å². The molecule has 0 aromatic heterocycles. The summed E-state index contributed by atoms with van der Waals surface area (Å²) >= 11 is 3.34. The first-order valence-electron chi connectivity index (χ1n) is 8.63. The molecular weight excluding hydrogens is 457 g/mol. The van der Waals surface area contributed by atoms with E-state index in [0.717, 1.165) is 30.3 Å². The highest BCUT2D eigenvalue weighted by Gasteiger charge is 2.35. The minimum Gasteiger partial charge on any atom is -0.494 e.